The number of likely N-dealkylation sites (tertiary alicyclic amines) is 1. The molecule has 0 radical (unpaired) electrons. The van der Waals surface area contributed by atoms with Crippen LogP contribution in [-0.4, -0.2) is 28.5 Å². The molecule has 86 valence electrons. The van der Waals surface area contributed by atoms with Crippen molar-refractivity contribution in [3.63, 3.8) is 0 Å². The van der Waals surface area contributed by atoms with Crippen molar-refractivity contribution in [3.05, 3.63) is 29.8 Å². The van der Waals surface area contributed by atoms with Gasteiger partial charge in [0.1, 0.15) is 5.75 Å². The Hall–Kier alpha value is -1.51. The molecule has 1 fully saturated rings. The molecule has 1 unspecified atom stereocenters. The van der Waals surface area contributed by atoms with Crippen molar-refractivity contribution in [2.75, 3.05) is 6.54 Å². The molecular weight excluding hydrogens is 202 g/mol. The minimum Gasteiger partial charge on any atom is -0.508 e. The van der Waals surface area contributed by atoms with Crippen molar-refractivity contribution in [3.8, 4) is 5.75 Å². The van der Waals surface area contributed by atoms with Gasteiger partial charge in [0, 0.05) is 19.5 Å². The molecular formula is C13H17NO2. The molecule has 1 aromatic rings. The van der Waals surface area contributed by atoms with Crippen LogP contribution in [0.5, 0.6) is 5.75 Å². The third kappa shape index (κ3) is 2.35. The minimum atomic E-state index is 0.168. The first kappa shape index (κ1) is 11.0. The van der Waals surface area contributed by atoms with Gasteiger partial charge in [-0.15, -0.1) is 0 Å². The number of nitrogens with zero attached hydrogens (tertiary/aromatic N) is 1. The summed E-state index contributed by atoms with van der Waals surface area (Å²) in [6, 6.07) is 7.57. The highest BCUT2D eigenvalue weighted by Gasteiger charge is 2.26. The number of carbonyl (C=O) groups excluding carboxylic acids is 1. The molecule has 2 rings (SSSR count). The standard InChI is InChI=1S/C13H17NO2/c1-10(15)14-8-2-3-12(14)9-11-4-6-13(16)7-5-11/h4-7,12,16H,2-3,8-9H2,1H3. The fourth-order valence-electron chi connectivity index (χ4n) is 2.37. The van der Waals surface area contributed by atoms with Crippen molar-refractivity contribution in [1.29, 1.82) is 0 Å². The number of carbonyl (C=O) groups is 1. The Morgan fingerprint density at radius 1 is 1.44 bits per heavy atom. The lowest BCUT2D eigenvalue weighted by atomic mass is 10.0. The van der Waals surface area contributed by atoms with Gasteiger partial charge in [-0.25, -0.2) is 0 Å². The van der Waals surface area contributed by atoms with Crippen LogP contribution in [-0.2, 0) is 11.2 Å². The highest BCUT2D eigenvalue weighted by atomic mass is 16.3. The minimum absolute atomic E-state index is 0.168. The van der Waals surface area contributed by atoms with Gasteiger partial charge in [-0.2, -0.15) is 0 Å². The van der Waals surface area contributed by atoms with Crippen LogP contribution in [0.15, 0.2) is 24.3 Å². The Balaban J connectivity index is 2.03. The van der Waals surface area contributed by atoms with E-state index in [0.29, 0.717) is 11.8 Å². The van der Waals surface area contributed by atoms with Crippen molar-refractivity contribution in [2.45, 2.75) is 32.2 Å². The van der Waals surface area contributed by atoms with E-state index in [9.17, 15) is 9.90 Å². The summed E-state index contributed by atoms with van der Waals surface area (Å²) >= 11 is 0. The van der Waals surface area contributed by atoms with Gasteiger partial charge < -0.3 is 10.0 Å². The summed E-state index contributed by atoms with van der Waals surface area (Å²) in [6.45, 7) is 2.52. The SMILES string of the molecule is CC(=O)N1CCCC1Cc1ccc(O)cc1. The van der Waals surface area contributed by atoms with Crippen LogP contribution in [0.4, 0.5) is 0 Å². The summed E-state index contributed by atoms with van der Waals surface area (Å²) in [6.07, 6.45) is 3.07. The largest absolute Gasteiger partial charge is 0.508 e. The molecule has 0 spiro atoms. The number of hydrogen-bond donors (Lipinski definition) is 1. The number of phenols is 1. The van der Waals surface area contributed by atoms with E-state index in [1.54, 1.807) is 19.1 Å². The lowest BCUT2D eigenvalue weighted by Crippen LogP contribution is -2.34. The summed E-state index contributed by atoms with van der Waals surface area (Å²) in [5.41, 5.74) is 1.18. The Morgan fingerprint density at radius 2 is 2.12 bits per heavy atom. The lowest BCUT2D eigenvalue weighted by Gasteiger charge is -2.23. The Labute approximate surface area is 95.7 Å². The van der Waals surface area contributed by atoms with Gasteiger partial charge in [-0.05, 0) is 37.0 Å². The first-order valence-corrected chi connectivity index (χ1v) is 5.72. The van der Waals surface area contributed by atoms with E-state index >= 15 is 0 Å². The fraction of sp³-hybridized carbons (Fsp3) is 0.462. The van der Waals surface area contributed by atoms with E-state index in [0.717, 1.165) is 25.8 Å². The molecule has 0 aromatic heterocycles. The molecule has 0 bridgehead atoms. The second kappa shape index (κ2) is 4.56. The topological polar surface area (TPSA) is 40.5 Å². The molecule has 1 aromatic carbocycles. The number of aromatic hydroxyl groups is 1. The zero-order valence-electron chi connectivity index (χ0n) is 9.52. The quantitative estimate of drug-likeness (QED) is 0.825. The maximum absolute atomic E-state index is 11.4. The van der Waals surface area contributed by atoms with E-state index in [4.69, 9.17) is 0 Å². The molecule has 16 heavy (non-hydrogen) atoms. The summed E-state index contributed by atoms with van der Waals surface area (Å²) in [5.74, 6) is 0.458. The molecule has 1 N–H and O–H groups in total. The normalized spacial score (nSPS) is 20.1. The average Bonchev–Trinajstić information content (AvgIpc) is 2.69. The van der Waals surface area contributed by atoms with Crippen molar-refractivity contribution in [1.82, 2.24) is 4.90 Å². The molecule has 3 nitrogen and oxygen atoms in total. The maximum Gasteiger partial charge on any atom is 0.219 e. The molecule has 1 aliphatic heterocycles. The molecule has 0 saturated carbocycles. The monoisotopic (exact) mass is 219 g/mol. The Bertz CT molecular complexity index is 372. The van der Waals surface area contributed by atoms with Gasteiger partial charge in [0.25, 0.3) is 0 Å². The van der Waals surface area contributed by atoms with Gasteiger partial charge in [-0.3, -0.25) is 4.79 Å². The van der Waals surface area contributed by atoms with Crippen LogP contribution in [0.3, 0.4) is 0 Å². The van der Waals surface area contributed by atoms with Crippen LogP contribution < -0.4 is 0 Å². The molecule has 0 aliphatic carbocycles. The van der Waals surface area contributed by atoms with Crippen LogP contribution in [0.25, 0.3) is 0 Å². The average molecular weight is 219 g/mol. The van der Waals surface area contributed by atoms with E-state index in [1.807, 2.05) is 17.0 Å². The van der Waals surface area contributed by atoms with Gasteiger partial charge >= 0.3 is 0 Å². The fourth-order valence-corrected chi connectivity index (χ4v) is 2.37. The van der Waals surface area contributed by atoms with E-state index in [-0.39, 0.29) is 5.91 Å². The second-order valence-corrected chi connectivity index (χ2v) is 4.38. The van der Waals surface area contributed by atoms with Crippen molar-refractivity contribution in [2.24, 2.45) is 0 Å². The van der Waals surface area contributed by atoms with Gasteiger partial charge in [-0.1, -0.05) is 12.1 Å². The number of phenolic OH excluding ortho intramolecular Hbond substituents is 1. The van der Waals surface area contributed by atoms with E-state index in [1.165, 1.54) is 5.56 Å². The first-order chi connectivity index (χ1) is 7.66. The number of rotatable bonds is 2. The molecule has 1 saturated heterocycles. The second-order valence-electron chi connectivity index (χ2n) is 4.38. The van der Waals surface area contributed by atoms with Crippen LogP contribution in [0.1, 0.15) is 25.3 Å². The van der Waals surface area contributed by atoms with Gasteiger partial charge in [0.05, 0.1) is 0 Å². The molecule has 1 atom stereocenters. The zero-order chi connectivity index (χ0) is 11.5. The van der Waals surface area contributed by atoms with Crippen molar-refractivity contribution >= 4 is 5.91 Å². The van der Waals surface area contributed by atoms with Crippen molar-refractivity contribution < 1.29 is 9.90 Å². The Morgan fingerprint density at radius 3 is 2.75 bits per heavy atom. The van der Waals surface area contributed by atoms with Gasteiger partial charge in [0.2, 0.25) is 5.91 Å². The third-order valence-corrected chi connectivity index (χ3v) is 3.19. The summed E-state index contributed by atoms with van der Waals surface area (Å²) in [4.78, 5) is 13.3. The van der Waals surface area contributed by atoms with Crippen LogP contribution in [0.2, 0.25) is 0 Å². The third-order valence-electron chi connectivity index (χ3n) is 3.19. The van der Waals surface area contributed by atoms with E-state index in [2.05, 4.69) is 0 Å². The number of hydrogen-bond acceptors (Lipinski definition) is 2. The predicted molar refractivity (Wildman–Crippen MR) is 62.2 cm³/mol. The Kier molecular flexibility index (Phi) is 3.13. The molecule has 1 heterocycles. The number of benzene rings is 1. The van der Waals surface area contributed by atoms with Gasteiger partial charge in [0.15, 0.2) is 0 Å². The predicted octanol–water partition coefficient (Wildman–Crippen LogP) is 1.95. The maximum atomic E-state index is 11.4. The molecule has 3 heteroatoms. The summed E-state index contributed by atoms with van der Waals surface area (Å²) in [7, 11) is 0. The first-order valence-electron chi connectivity index (χ1n) is 5.72. The lowest BCUT2D eigenvalue weighted by molar-refractivity contribution is -0.129. The number of amides is 1. The smallest absolute Gasteiger partial charge is 0.219 e. The molecule has 1 aliphatic rings. The van der Waals surface area contributed by atoms with Crippen LogP contribution >= 0.6 is 0 Å². The summed E-state index contributed by atoms with van der Waals surface area (Å²) < 4.78 is 0. The highest BCUT2D eigenvalue weighted by Crippen LogP contribution is 2.22. The zero-order valence-corrected chi connectivity index (χ0v) is 9.52. The van der Waals surface area contributed by atoms with Crippen LogP contribution in [0, 0.1) is 0 Å². The van der Waals surface area contributed by atoms with E-state index < -0.39 is 0 Å². The summed E-state index contributed by atoms with van der Waals surface area (Å²) in [5, 5.41) is 9.19. The molecule has 1 amide bonds. The highest BCUT2D eigenvalue weighted by molar-refractivity contribution is 5.73.